The van der Waals surface area contributed by atoms with Gasteiger partial charge in [-0.3, -0.25) is 9.59 Å². The van der Waals surface area contributed by atoms with E-state index in [-0.39, 0.29) is 12.2 Å². The summed E-state index contributed by atoms with van der Waals surface area (Å²) in [6.07, 6.45) is 2.99. The van der Waals surface area contributed by atoms with Gasteiger partial charge < -0.3 is 15.0 Å². The van der Waals surface area contributed by atoms with E-state index in [0.29, 0.717) is 17.6 Å². The van der Waals surface area contributed by atoms with E-state index in [0.717, 1.165) is 5.52 Å². The van der Waals surface area contributed by atoms with Gasteiger partial charge in [0.15, 0.2) is 5.78 Å². The average Bonchev–Trinajstić information content (AvgIpc) is 2.83. The number of ketones is 1. The first-order chi connectivity index (χ1) is 10.0. The Kier molecular flexibility index (Phi) is 4.49. The largest absolute Gasteiger partial charge is 0.481 e. The summed E-state index contributed by atoms with van der Waals surface area (Å²) >= 11 is 0. The molecule has 0 radical (unpaired) electrons. The summed E-state index contributed by atoms with van der Waals surface area (Å²) in [5, 5.41) is 11.8. The molecule has 6 nitrogen and oxygen atoms in total. The van der Waals surface area contributed by atoms with Gasteiger partial charge in [0.1, 0.15) is 0 Å². The fourth-order valence-corrected chi connectivity index (χ4v) is 2.15. The molecule has 1 aromatic carbocycles. The molecule has 1 aromatic heterocycles. The molecule has 0 aliphatic rings. The molecule has 0 fully saturated rings. The Balaban J connectivity index is 2.28. The van der Waals surface area contributed by atoms with E-state index in [4.69, 9.17) is 5.11 Å². The minimum absolute atomic E-state index is 0.258. The predicted octanol–water partition coefficient (Wildman–Crippen LogP) is 1.37. The third-order valence-electron chi connectivity index (χ3n) is 3.21. The zero-order valence-electron chi connectivity index (χ0n) is 11.7. The number of nitrogens with one attached hydrogen (secondary N) is 1. The molecule has 21 heavy (non-hydrogen) atoms. The lowest BCUT2D eigenvalue weighted by Gasteiger charge is -2.14. The highest BCUT2D eigenvalue weighted by Crippen LogP contribution is 2.16. The second kappa shape index (κ2) is 6.32. The quantitative estimate of drug-likeness (QED) is 0.593. The van der Waals surface area contributed by atoms with E-state index in [1.165, 1.54) is 0 Å². The first-order valence-electron chi connectivity index (χ1n) is 6.54. The molecule has 1 atom stereocenters. The molecule has 2 N–H and O–H groups in total. The van der Waals surface area contributed by atoms with Crippen LogP contribution in [0.1, 0.15) is 16.8 Å². The molecule has 0 spiro atoms. The maximum absolute atomic E-state index is 12.4. The lowest BCUT2D eigenvalue weighted by molar-refractivity contribution is -0.137. The number of nitrogens with zero attached hydrogens (tertiary/aromatic N) is 2. The molecule has 110 valence electrons. The van der Waals surface area contributed by atoms with Crippen molar-refractivity contribution in [1.29, 1.82) is 0 Å². The molecule has 1 heterocycles. The molecular formula is C15H17N3O3. The predicted molar refractivity (Wildman–Crippen MR) is 79.3 cm³/mol. The van der Waals surface area contributed by atoms with Crippen LogP contribution < -0.4 is 5.32 Å². The van der Waals surface area contributed by atoms with Crippen LogP contribution in [0.15, 0.2) is 37.2 Å². The number of carboxylic acid groups (broad SMARTS) is 1. The number of imidazole rings is 1. The van der Waals surface area contributed by atoms with Crippen LogP contribution in [0.2, 0.25) is 0 Å². The highest BCUT2D eigenvalue weighted by molar-refractivity contribution is 6.03. The van der Waals surface area contributed by atoms with E-state index in [1.54, 1.807) is 30.6 Å². The second-order valence-corrected chi connectivity index (χ2v) is 4.77. The van der Waals surface area contributed by atoms with Crippen molar-refractivity contribution in [2.24, 2.45) is 7.05 Å². The van der Waals surface area contributed by atoms with Crippen LogP contribution in [-0.4, -0.2) is 39.0 Å². The van der Waals surface area contributed by atoms with Gasteiger partial charge >= 0.3 is 5.97 Å². The summed E-state index contributed by atoms with van der Waals surface area (Å²) in [7, 11) is 1.87. The van der Waals surface area contributed by atoms with Crippen LogP contribution in [0.4, 0.5) is 0 Å². The molecule has 2 rings (SSSR count). The SMILES string of the molecule is C=CCNC(CC(=O)O)C(=O)c1ccc2c(c1)ncn2C. The van der Waals surface area contributed by atoms with Crippen molar-refractivity contribution in [1.82, 2.24) is 14.9 Å². The molecule has 0 bridgehead atoms. The fraction of sp³-hybridized carbons (Fsp3) is 0.267. The molecule has 6 heteroatoms. The minimum atomic E-state index is -1.02. The third kappa shape index (κ3) is 3.35. The molecular weight excluding hydrogens is 270 g/mol. The normalized spacial score (nSPS) is 12.2. The van der Waals surface area contributed by atoms with E-state index < -0.39 is 12.0 Å². The van der Waals surface area contributed by atoms with Crippen LogP contribution in [0.3, 0.4) is 0 Å². The molecule has 0 aliphatic carbocycles. The number of aryl methyl sites for hydroxylation is 1. The number of aliphatic carboxylic acids is 1. The van der Waals surface area contributed by atoms with Crippen LogP contribution in [-0.2, 0) is 11.8 Å². The minimum Gasteiger partial charge on any atom is -0.481 e. The average molecular weight is 287 g/mol. The summed E-state index contributed by atoms with van der Waals surface area (Å²) in [5.74, 6) is -1.28. The Morgan fingerprint density at radius 3 is 2.95 bits per heavy atom. The number of carboxylic acids is 1. The summed E-state index contributed by atoms with van der Waals surface area (Å²) in [4.78, 5) is 27.5. The molecule has 0 amide bonds. The van der Waals surface area contributed by atoms with Gasteiger partial charge in [-0.15, -0.1) is 6.58 Å². The van der Waals surface area contributed by atoms with Gasteiger partial charge in [0.05, 0.1) is 29.8 Å². The number of aromatic nitrogens is 2. The fourth-order valence-electron chi connectivity index (χ4n) is 2.15. The summed E-state index contributed by atoms with van der Waals surface area (Å²) in [6.45, 7) is 3.92. The molecule has 1 unspecified atom stereocenters. The van der Waals surface area contributed by atoms with Crippen LogP contribution >= 0.6 is 0 Å². The lowest BCUT2D eigenvalue weighted by Crippen LogP contribution is -2.38. The molecule has 0 saturated heterocycles. The number of hydrogen-bond acceptors (Lipinski definition) is 4. The Morgan fingerprint density at radius 1 is 1.52 bits per heavy atom. The zero-order valence-corrected chi connectivity index (χ0v) is 11.7. The molecule has 2 aromatic rings. The van der Waals surface area contributed by atoms with Crippen molar-refractivity contribution in [3.05, 3.63) is 42.7 Å². The van der Waals surface area contributed by atoms with Crippen LogP contribution in [0, 0.1) is 0 Å². The smallest absolute Gasteiger partial charge is 0.305 e. The van der Waals surface area contributed by atoms with Gasteiger partial charge in [-0.25, -0.2) is 4.98 Å². The van der Waals surface area contributed by atoms with Gasteiger partial charge in [0.2, 0.25) is 0 Å². The van der Waals surface area contributed by atoms with Crippen molar-refractivity contribution in [2.75, 3.05) is 6.54 Å². The van der Waals surface area contributed by atoms with Crippen molar-refractivity contribution in [3.63, 3.8) is 0 Å². The van der Waals surface area contributed by atoms with E-state index in [2.05, 4.69) is 16.9 Å². The Labute approximate surface area is 122 Å². The second-order valence-electron chi connectivity index (χ2n) is 4.77. The van der Waals surface area contributed by atoms with E-state index in [1.807, 2.05) is 11.6 Å². The highest BCUT2D eigenvalue weighted by Gasteiger charge is 2.22. The number of rotatable bonds is 7. The monoisotopic (exact) mass is 287 g/mol. The van der Waals surface area contributed by atoms with Gasteiger partial charge in [-0.05, 0) is 18.2 Å². The number of Topliss-reactive ketones (excluding diaryl/α,β-unsaturated/α-hetero) is 1. The van der Waals surface area contributed by atoms with Crippen molar-refractivity contribution in [3.8, 4) is 0 Å². The Bertz CT molecular complexity index is 691. The van der Waals surface area contributed by atoms with Crippen molar-refractivity contribution < 1.29 is 14.7 Å². The standard InChI is InChI=1S/C15H17N3O3/c1-3-6-16-12(8-14(19)20)15(21)10-4-5-13-11(7-10)17-9-18(13)2/h3-5,7,9,12,16H,1,6,8H2,2H3,(H,19,20). The van der Waals surface area contributed by atoms with E-state index >= 15 is 0 Å². The first-order valence-corrected chi connectivity index (χ1v) is 6.54. The lowest BCUT2D eigenvalue weighted by atomic mass is 10.0. The first kappa shape index (κ1) is 14.9. The number of hydrogen-bond donors (Lipinski definition) is 2. The van der Waals surface area contributed by atoms with E-state index in [9.17, 15) is 9.59 Å². The van der Waals surface area contributed by atoms with Gasteiger partial charge in [-0.2, -0.15) is 0 Å². The highest BCUT2D eigenvalue weighted by atomic mass is 16.4. The van der Waals surface area contributed by atoms with Crippen LogP contribution in [0.5, 0.6) is 0 Å². The van der Waals surface area contributed by atoms with Gasteiger partial charge in [-0.1, -0.05) is 6.08 Å². The topological polar surface area (TPSA) is 84.2 Å². The summed E-state index contributed by atoms with van der Waals surface area (Å²) in [5.41, 5.74) is 2.07. The van der Waals surface area contributed by atoms with Crippen LogP contribution in [0.25, 0.3) is 11.0 Å². The Morgan fingerprint density at radius 2 is 2.29 bits per heavy atom. The zero-order chi connectivity index (χ0) is 15.4. The number of carbonyl (C=O) groups excluding carboxylic acids is 1. The number of fused-ring (bicyclic) bond motifs is 1. The third-order valence-corrected chi connectivity index (χ3v) is 3.21. The van der Waals surface area contributed by atoms with Gasteiger partial charge in [0, 0.05) is 19.2 Å². The summed E-state index contributed by atoms with van der Waals surface area (Å²) in [6, 6.07) is 4.40. The molecule has 0 aliphatic heterocycles. The number of benzene rings is 1. The number of carbonyl (C=O) groups is 2. The Hall–Kier alpha value is -2.47. The van der Waals surface area contributed by atoms with Gasteiger partial charge in [0.25, 0.3) is 0 Å². The molecule has 0 saturated carbocycles. The summed E-state index contributed by atoms with van der Waals surface area (Å²) < 4.78 is 1.86. The van der Waals surface area contributed by atoms with Crippen molar-refractivity contribution in [2.45, 2.75) is 12.5 Å². The van der Waals surface area contributed by atoms with Crippen molar-refractivity contribution >= 4 is 22.8 Å². The maximum Gasteiger partial charge on any atom is 0.305 e. The maximum atomic E-state index is 12.4.